The number of anilines is 2. The highest BCUT2D eigenvalue weighted by atomic mass is 79.9. The summed E-state index contributed by atoms with van der Waals surface area (Å²) >= 11 is 20.6. The van der Waals surface area contributed by atoms with Gasteiger partial charge in [-0.15, -0.1) is 0 Å². The number of hydrogen-bond donors (Lipinski definition) is 1. The van der Waals surface area contributed by atoms with Gasteiger partial charge in [-0.1, -0.05) is 50.7 Å². The summed E-state index contributed by atoms with van der Waals surface area (Å²) in [6.07, 6.45) is 0. The summed E-state index contributed by atoms with van der Waals surface area (Å²) in [4.78, 5) is 3.94. The molecular formula is C11H5BrCl3FN2. The second-order valence-corrected chi connectivity index (χ2v) is 5.43. The zero-order valence-corrected chi connectivity index (χ0v) is 12.5. The van der Waals surface area contributed by atoms with Crippen molar-refractivity contribution in [3.8, 4) is 0 Å². The number of nitrogens with one attached hydrogen (secondary N) is 1. The first-order chi connectivity index (χ1) is 8.47. The van der Waals surface area contributed by atoms with Gasteiger partial charge in [0.25, 0.3) is 0 Å². The molecule has 94 valence electrons. The van der Waals surface area contributed by atoms with Crippen LogP contribution in [0, 0.1) is 5.82 Å². The molecule has 18 heavy (non-hydrogen) atoms. The predicted octanol–water partition coefficient (Wildman–Crippen LogP) is 5.69. The Morgan fingerprint density at radius 3 is 2.50 bits per heavy atom. The van der Waals surface area contributed by atoms with E-state index in [9.17, 15) is 4.39 Å². The lowest BCUT2D eigenvalue weighted by Gasteiger charge is -2.09. The summed E-state index contributed by atoms with van der Waals surface area (Å²) in [6.45, 7) is 0. The molecule has 0 spiro atoms. The fraction of sp³-hybridized carbons (Fsp3) is 0. The van der Waals surface area contributed by atoms with E-state index in [0.29, 0.717) is 4.47 Å². The van der Waals surface area contributed by atoms with E-state index in [1.54, 1.807) is 12.1 Å². The molecule has 2 rings (SSSR count). The fourth-order valence-corrected chi connectivity index (χ4v) is 2.13. The molecule has 7 heteroatoms. The third-order valence-electron chi connectivity index (χ3n) is 2.07. The van der Waals surface area contributed by atoms with Gasteiger partial charge in [0.15, 0.2) is 5.82 Å². The molecule has 0 bridgehead atoms. The average molecular weight is 370 g/mol. The van der Waals surface area contributed by atoms with Crippen molar-refractivity contribution in [1.29, 1.82) is 0 Å². The maximum atomic E-state index is 13.6. The maximum absolute atomic E-state index is 13.6. The second-order valence-electron chi connectivity index (χ2n) is 3.34. The Balaban J connectivity index is 2.37. The maximum Gasteiger partial charge on any atom is 0.151 e. The van der Waals surface area contributed by atoms with Gasteiger partial charge in [0.05, 0.1) is 15.7 Å². The number of benzene rings is 1. The zero-order chi connectivity index (χ0) is 13.3. The van der Waals surface area contributed by atoms with Gasteiger partial charge in [0.2, 0.25) is 0 Å². The molecule has 0 amide bonds. The number of pyridine rings is 1. The van der Waals surface area contributed by atoms with E-state index >= 15 is 0 Å². The van der Waals surface area contributed by atoms with Crippen molar-refractivity contribution in [2.45, 2.75) is 0 Å². The number of nitrogens with zero attached hydrogens (tertiary/aromatic N) is 1. The standard InChI is InChI=1S/C11H5BrCl3FN2/c12-5-1-2-9(8(16)3-5)17-11-7(14)4-6(13)10(15)18-11/h1-4H,(H,17,18). The molecule has 2 nitrogen and oxygen atoms in total. The zero-order valence-electron chi connectivity index (χ0n) is 8.65. The van der Waals surface area contributed by atoms with Crippen LogP contribution in [0.5, 0.6) is 0 Å². The van der Waals surface area contributed by atoms with E-state index in [2.05, 4.69) is 26.2 Å². The van der Waals surface area contributed by atoms with E-state index < -0.39 is 5.82 Å². The van der Waals surface area contributed by atoms with Gasteiger partial charge in [0.1, 0.15) is 11.0 Å². The smallest absolute Gasteiger partial charge is 0.151 e. The number of halogens is 5. The van der Waals surface area contributed by atoms with Gasteiger partial charge in [-0.3, -0.25) is 0 Å². The lowest BCUT2D eigenvalue weighted by molar-refractivity contribution is 0.631. The first-order valence-corrected chi connectivity index (χ1v) is 6.63. The van der Waals surface area contributed by atoms with E-state index in [1.165, 1.54) is 12.1 Å². The van der Waals surface area contributed by atoms with Gasteiger partial charge in [-0.05, 0) is 24.3 Å². The summed E-state index contributed by atoms with van der Waals surface area (Å²) in [5, 5.41) is 3.35. The molecule has 0 aliphatic carbocycles. The van der Waals surface area contributed by atoms with Gasteiger partial charge < -0.3 is 5.32 Å². The Morgan fingerprint density at radius 1 is 1.11 bits per heavy atom. The van der Waals surface area contributed by atoms with Gasteiger partial charge in [-0.25, -0.2) is 9.37 Å². The van der Waals surface area contributed by atoms with Crippen molar-refractivity contribution < 1.29 is 4.39 Å². The molecular weight excluding hydrogens is 365 g/mol. The molecule has 0 fully saturated rings. The fourth-order valence-electron chi connectivity index (χ4n) is 1.25. The first-order valence-electron chi connectivity index (χ1n) is 4.71. The SMILES string of the molecule is Fc1cc(Br)ccc1Nc1nc(Cl)c(Cl)cc1Cl. The average Bonchev–Trinajstić information content (AvgIpc) is 2.29. The lowest BCUT2D eigenvalue weighted by atomic mass is 10.3. The highest BCUT2D eigenvalue weighted by Gasteiger charge is 2.10. The Bertz CT molecular complexity index is 607. The lowest BCUT2D eigenvalue weighted by Crippen LogP contribution is -1.97. The van der Waals surface area contributed by atoms with E-state index in [1.807, 2.05) is 0 Å². The third kappa shape index (κ3) is 3.06. The molecule has 0 aliphatic rings. The second kappa shape index (κ2) is 5.61. The van der Waals surface area contributed by atoms with Crippen LogP contribution in [0.1, 0.15) is 0 Å². The minimum atomic E-state index is -0.437. The molecule has 0 radical (unpaired) electrons. The summed E-state index contributed by atoms with van der Waals surface area (Å²) in [5.74, 6) is -0.194. The molecule has 2 aromatic rings. The van der Waals surface area contributed by atoms with Crippen LogP contribution in [0.3, 0.4) is 0 Å². The molecule has 0 saturated carbocycles. The molecule has 1 heterocycles. The Morgan fingerprint density at radius 2 is 1.83 bits per heavy atom. The minimum absolute atomic E-state index is 0.0982. The number of hydrogen-bond acceptors (Lipinski definition) is 2. The van der Waals surface area contributed by atoms with Crippen molar-refractivity contribution >= 4 is 62.2 Å². The highest BCUT2D eigenvalue weighted by Crippen LogP contribution is 2.31. The van der Waals surface area contributed by atoms with Crippen LogP contribution >= 0.6 is 50.7 Å². The summed E-state index contributed by atoms with van der Waals surface area (Å²) in [6, 6.07) is 6.02. The monoisotopic (exact) mass is 368 g/mol. The Kier molecular flexibility index (Phi) is 4.33. The summed E-state index contributed by atoms with van der Waals surface area (Å²) in [5.41, 5.74) is 0.242. The quantitative estimate of drug-likeness (QED) is 0.687. The number of aromatic nitrogens is 1. The van der Waals surface area contributed by atoms with Crippen LogP contribution < -0.4 is 5.32 Å². The van der Waals surface area contributed by atoms with Crippen molar-refractivity contribution in [3.05, 3.63) is 49.8 Å². The summed E-state index contributed by atoms with van der Waals surface area (Å²) in [7, 11) is 0. The largest absolute Gasteiger partial charge is 0.337 e. The highest BCUT2D eigenvalue weighted by molar-refractivity contribution is 9.10. The number of rotatable bonds is 2. The normalized spacial score (nSPS) is 10.5. The summed E-state index contributed by atoms with van der Waals surface area (Å²) < 4.78 is 14.3. The Labute approximate surface area is 126 Å². The van der Waals surface area contributed by atoms with Gasteiger partial charge >= 0.3 is 0 Å². The molecule has 1 aromatic carbocycles. The van der Waals surface area contributed by atoms with Crippen LogP contribution in [0.4, 0.5) is 15.9 Å². The third-order valence-corrected chi connectivity index (χ3v) is 3.53. The topological polar surface area (TPSA) is 24.9 Å². The van der Waals surface area contributed by atoms with Crippen LogP contribution in [0.25, 0.3) is 0 Å². The minimum Gasteiger partial charge on any atom is -0.337 e. The van der Waals surface area contributed by atoms with E-state index in [0.717, 1.165) is 0 Å². The molecule has 0 atom stereocenters. The Hall–Kier alpha value is -0.550. The van der Waals surface area contributed by atoms with Crippen molar-refractivity contribution in [1.82, 2.24) is 4.98 Å². The van der Waals surface area contributed by atoms with Crippen molar-refractivity contribution in [2.75, 3.05) is 5.32 Å². The van der Waals surface area contributed by atoms with Crippen LogP contribution in [0.2, 0.25) is 15.2 Å². The first kappa shape index (κ1) is 13.9. The molecule has 0 saturated heterocycles. The molecule has 0 unspecified atom stereocenters. The molecule has 0 aliphatic heterocycles. The van der Waals surface area contributed by atoms with E-state index in [4.69, 9.17) is 34.8 Å². The van der Waals surface area contributed by atoms with Crippen molar-refractivity contribution in [2.24, 2.45) is 0 Å². The van der Waals surface area contributed by atoms with Gasteiger partial charge in [0, 0.05) is 4.47 Å². The molecule has 1 aromatic heterocycles. The van der Waals surface area contributed by atoms with Crippen LogP contribution in [-0.4, -0.2) is 4.98 Å². The van der Waals surface area contributed by atoms with Crippen LogP contribution in [-0.2, 0) is 0 Å². The van der Waals surface area contributed by atoms with Crippen LogP contribution in [0.15, 0.2) is 28.7 Å². The van der Waals surface area contributed by atoms with Gasteiger partial charge in [-0.2, -0.15) is 0 Å². The van der Waals surface area contributed by atoms with E-state index in [-0.39, 0.29) is 26.7 Å². The van der Waals surface area contributed by atoms with Crippen molar-refractivity contribution in [3.63, 3.8) is 0 Å². The predicted molar refractivity (Wildman–Crippen MR) is 76.6 cm³/mol. The molecule has 1 N–H and O–H groups in total.